The summed E-state index contributed by atoms with van der Waals surface area (Å²) >= 11 is 0. The van der Waals surface area contributed by atoms with Crippen molar-refractivity contribution in [3.05, 3.63) is 5.82 Å². The number of hydrogen-bond acceptors (Lipinski definition) is 4. The van der Waals surface area contributed by atoms with Gasteiger partial charge in [-0.3, -0.25) is 10.1 Å². The van der Waals surface area contributed by atoms with Gasteiger partial charge in [-0.1, -0.05) is 25.7 Å². The summed E-state index contributed by atoms with van der Waals surface area (Å²) in [6.45, 7) is 2.04. The van der Waals surface area contributed by atoms with E-state index < -0.39 is 0 Å². The van der Waals surface area contributed by atoms with Crippen molar-refractivity contribution in [3.63, 3.8) is 0 Å². The van der Waals surface area contributed by atoms with Gasteiger partial charge in [0.15, 0.2) is 5.82 Å². The third-order valence-corrected chi connectivity index (χ3v) is 5.23. The van der Waals surface area contributed by atoms with Gasteiger partial charge in [0.25, 0.3) is 0 Å². The third kappa shape index (κ3) is 5.18. The first-order valence-corrected chi connectivity index (χ1v) is 9.14. The molecule has 24 heavy (non-hydrogen) atoms. The third-order valence-electron chi connectivity index (χ3n) is 5.23. The van der Waals surface area contributed by atoms with E-state index in [9.17, 15) is 4.79 Å². The van der Waals surface area contributed by atoms with E-state index in [1.807, 2.05) is 7.05 Å². The van der Waals surface area contributed by atoms with Crippen molar-refractivity contribution < 1.29 is 4.79 Å². The van der Waals surface area contributed by atoms with Gasteiger partial charge in [-0.2, -0.15) is 10.1 Å². The van der Waals surface area contributed by atoms with Crippen molar-refractivity contribution in [2.45, 2.75) is 63.7 Å². The fraction of sp³-hybridized carbons (Fsp3) is 0.824. The number of halogens is 1. The van der Waals surface area contributed by atoms with Gasteiger partial charge in [0.2, 0.25) is 11.9 Å². The summed E-state index contributed by atoms with van der Waals surface area (Å²) in [5.74, 6) is 2.79. The quantitative estimate of drug-likeness (QED) is 0.822. The summed E-state index contributed by atoms with van der Waals surface area (Å²) in [5.41, 5.74) is 0. The molecule has 2 N–H and O–H groups in total. The summed E-state index contributed by atoms with van der Waals surface area (Å²) in [7, 11) is 1.85. The van der Waals surface area contributed by atoms with E-state index >= 15 is 0 Å². The average Bonchev–Trinajstić information content (AvgIpc) is 3.19. The Hall–Kier alpha value is -1.14. The summed E-state index contributed by atoms with van der Waals surface area (Å²) in [5, 5.41) is 10.8. The zero-order valence-corrected chi connectivity index (χ0v) is 15.4. The molecule has 2 fully saturated rings. The van der Waals surface area contributed by atoms with E-state index in [4.69, 9.17) is 0 Å². The number of carbonyl (C=O) groups excluding carboxylic acids is 1. The summed E-state index contributed by atoms with van der Waals surface area (Å²) in [4.78, 5) is 16.7. The first-order chi connectivity index (χ1) is 11.2. The van der Waals surface area contributed by atoms with Crippen molar-refractivity contribution in [1.82, 2.24) is 20.1 Å². The Morgan fingerprint density at radius 2 is 1.96 bits per heavy atom. The van der Waals surface area contributed by atoms with Gasteiger partial charge in [-0.15, -0.1) is 12.4 Å². The maximum atomic E-state index is 12.1. The number of hydrogen-bond donors (Lipinski definition) is 2. The highest BCUT2D eigenvalue weighted by Gasteiger charge is 2.21. The molecule has 6 nitrogen and oxygen atoms in total. The largest absolute Gasteiger partial charge is 0.317 e. The summed E-state index contributed by atoms with van der Waals surface area (Å²) in [6, 6.07) is 0. The van der Waals surface area contributed by atoms with E-state index in [1.54, 1.807) is 4.68 Å². The first-order valence-electron chi connectivity index (χ1n) is 9.14. The van der Waals surface area contributed by atoms with Gasteiger partial charge < -0.3 is 5.32 Å². The Labute approximate surface area is 150 Å². The zero-order chi connectivity index (χ0) is 16.1. The van der Waals surface area contributed by atoms with Crippen molar-refractivity contribution in [1.29, 1.82) is 0 Å². The lowest BCUT2D eigenvalue weighted by Crippen LogP contribution is -2.27. The van der Waals surface area contributed by atoms with Gasteiger partial charge >= 0.3 is 0 Å². The van der Waals surface area contributed by atoms with Crippen LogP contribution in [0, 0.1) is 5.92 Å². The maximum absolute atomic E-state index is 12.1. The number of anilines is 1. The van der Waals surface area contributed by atoms with Crippen LogP contribution in [-0.2, 0) is 11.8 Å². The molecule has 0 aromatic carbocycles. The zero-order valence-electron chi connectivity index (χ0n) is 14.6. The van der Waals surface area contributed by atoms with Gasteiger partial charge in [-0.25, -0.2) is 4.68 Å². The molecule has 2 heterocycles. The van der Waals surface area contributed by atoms with Crippen LogP contribution in [0.1, 0.15) is 69.5 Å². The van der Waals surface area contributed by atoms with Gasteiger partial charge in [0.1, 0.15) is 0 Å². The predicted molar refractivity (Wildman–Crippen MR) is 97.5 cm³/mol. The molecular formula is C17H30ClN5O. The Bertz CT molecular complexity index is 521. The van der Waals surface area contributed by atoms with Crippen LogP contribution in [0.25, 0.3) is 0 Å². The van der Waals surface area contributed by atoms with Crippen LogP contribution in [0.3, 0.4) is 0 Å². The number of aryl methyl sites for hydroxylation is 1. The lowest BCUT2D eigenvalue weighted by molar-refractivity contribution is -0.116. The molecule has 1 aliphatic heterocycles. The predicted octanol–water partition coefficient (Wildman–Crippen LogP) is 3.00. The molecule has 0 radical (unpaired) electrons. The number of nitrogens with zero attached hydrogens (tertiary/aromatic N) is 3. The number of amides is 1. The molecule has 1 aliphatic carbocycles. The summed E-state index contributed by atoms with van der Waals surface area (Å²) < 4.78 is 1.70. The van der Waals surface area contributed by atoms with Crippen LogP contribution in [0.5, 0.6) is 0 Å². The van der Waals surface area contributed by atoms with Crippen molar-refractivity contribution >= 4 is 24.3 Å². The average molecular weight is 356 g/mol. The van der Waals surface area contributed by atoms with Gasteiger partial charge in [-0.05, 0) is 44.7 Å². The lowest BCUT2D eigenvalue weighted by Gasteiger charge is -2.19. The van der Waals surface area contributed by atoms with Crippen molar-refractivity contribution in [2.75, 3.05) is 18.4 Å². The topological polar surface area (TPSA) is 71.8 Å². The standard InChI is InChI=1S/C17H29N5O.ClH/c1-22-17(20-16(21-22)14-9-11-18-12-10-14)19-15(23)8-4-7-13-5-2-3-6-13;/h13-14,18H,2-12H2,1H3,(H,19,20,21,23);1H. The number of nitrogens with one attached hydrogen (secondary N) is 2. The number of aromatic nitrogens is 3. The first kappa shape index (κ1) is 19.2. The smallest absolute Gasteiger partial charge is 0.227 e. The minimum absolute atomic E-state index is 0. The number of rotatable bonds is 6. The molecule has 0 atom stereocenters. The molecule has 136 valence electrons. The second-order valence-electron chi connectivity index (χ2n) is 7.03. The fourth-order valence-electron chi connectivity index (χ4n) is 3.80. The van der Waals surface area contributed by atoms with Crippen LogP contribution < -0.4 is 10.6 Å². The summed E-state index contributed by atoms with van der Waals surface area (Å²) in [6.07, 6.45) is 10.3. The fourth-order valence-corrected chi connectivity index (χ4v) is 3.80. The van der Waals surface area contributed by atoms with Gasteiger partial charge in [0.05, 0.1) is 0 Å². The molecule has 1 aromatic heterocycles. The second-order valence-corrected chi connectivity index (χ2v) is 7.03. The minimum Gasteiger partial charge on any atom is -0.317 e. The highest BCUT2D eigenvalue weighted by Crippen LogP contribution is 2.29. The molecule has 0 spiro atoms. The Morgan fingerprint density at radius 3 is 2.67 bits per heavy atom. The molecule has 1 saturated carbocycles. The number of piperidine rings is 1. The van der Waals surface area contributed by atoms with Crippen LogP contribution in [0.15, 0.2) is 0 Å². The molecule has 0 bridgehead atoms. The normalized spacial score (nSPS) is 19.2. The van der Waals surface area contributed by atoms with E-state index in [2.05, 4.69) is 20.7 Å². The molecule has 1 amide bonds. The highest BCUT2D eigenvalue weighted by molar-refractivity contribution is 5.88. The molecule has 1 aromatic rings. The van der Waals surface area contributed by atoms with Crippen molar-refractivity contribution in [3.8, 4) is 0 Å². The van der Waals surface area contributed by atoms with Gasteiger partial charge in [0, 0.05) is 19.4 Å². The van der Waals surface area contributed by atoms with E-state index in [1.165, 1.54) is 32.1 Å². The van der Waals surface area contributed by atoms with Crippen LogP contribution in [-0.4, -0.2) is 33.8 Å². The molecular weight excluding hydrogens is 326 g/mol. The van der Waals surface area contributed by atoms with E-state index in [0.29, 0.717) is 18.3 Å². The van der Waals surface area contributed by atoms with Crippen LogP contribution in [0.4, 0.5) is 5.95 Å². The van der Waals surface area contributed by atoms with Crippen LogP contribution in [0.2, 0.25) is 0 Å². The molecule has 0 unspecified atom stereocenters. The Morgan fingerprint density at radius 1 is 1.25 bits per heavy atom. The molecule has 3 rings (SSSR count). The maximum Gasteiger partial charge on any atom is 0.227 e. The van der Waals surface area contributed by atoms with E-state index in [-0.39, 0.29) is 18.3 Å². The molecule has 2 aliphatic rings. The lowest BCUT2D eigenvalue weighted by atomic mass is 9.98. The number of carbonyl (C=O) groups is 1. The molecule has 7 heteroatoms. The van der Waals surface area contributed by atoms with Crippen molar-refractivity contribution in [2.24, 2.45) is 13.0 Å². The Kier molecular flexibility index (Phi) is 7.49. The SMILES string of the molecule is Cl.Cn1nc(C2CCNCC2)nc1NC(=O)CCCC1CCCC1. The minimum atomic E-state index is 0. The van der Waals surface area contributed by atoms with Crippen LogP contribution >= 0.6 is 12.4 Å². The van der Waals surface area contributed by atoms with E-state index in [0.717, 1.165) is 44.1 Å². The Balaban J connectivity index is 0.00000208. The molecule has 1 saturated heterocycles. The highest BCUT2D eigenvalue weighted by atomic mass is 35.5. The monoisotopic (exact) mass is 355 g/mol. The second kappa shape index (κ2) is 9.37.